The lowest BCUT2D eigenvalue weighted by atomic mass is 10.0. The van der Waals surface area contributed by atoms with Crippen LogP contribution in [0, 0.1) is 22.1 Å². The van der Waals surface area contributed by atoms with Crippen molar-refractivity contribution in [1.29, 1.82) is 0 Å². The lowest BCUT2D eigenvalue weighted by molar-refractivity contribution is 0.511. The predicted molar refractivity (Wildman–Crippen MR) is 69.2 cm³/mol. The summed E-state index contributed by atoms with van der Waals surface area (Å²) in [6, 6.07) is 9.95. The van der Waals surface area contributed by atoms with E-state index in [4.69, 9.17) is 0 Å². The van der Waals surface area contributed by atoms with Crippen LogP contribution < -0.4 is 0 Å². The Hall–Kier alpha value is -0.970. The molecule has 0 unspecified atom stereocenters. The summed E-state index contributed by atoms with van der Waals surface area (Å²) in [7, 11) is 0. The monoisotopic (exact) mass is 330 g/mol. The maximum absolute atomic E-state index is 13.6. The third-order valence-corrected chi connectivity index (χ3v) is 3.30. The molecule has 2 aromatic rings. The molecule has 0 aliphatic rings. The van der Waals surface area contributed by atoms with Crippen LogP contribution in [0.4, 0.5) is 8.78 Å². The molecule has 0 fully saturated rings. The first-order valence-corrected chi connectivity index (χ1v) is 5.88. The van der Waals surface area contributed by atoms with Crippen molar-refractivity contribution in [3.05, 3.63) is 57.2 Å². The van der Waals surface area contributed by atoms with Gasteiger partial charge < -0.3 is 0 Å². The van der Waals surface area contributed by atoms with Crippen LogP contribution in [-0.2, 0) is 0 Å². The van der Waals surface area contributed by atoms with Crippen molar-refractivity contribution >= 4 is 22.6 Å². The van der Waals surface area contributed by atoms with E-state index < -0.39 is 11.6 Å². The molecule has 0 aromatic heterocycles. The van der Waals surface area contributed by atoms with E-state index in [9.17, 15) is 8.78 Å². The number of hydrogen-bond acceptors (Lipinski definition) is 0. The Bertz CT molecular complexity index is 535. The smallest absolute Gasteiger partial charge is 0.166 e. The molecular formula is C13H9F2I. The van der Waals surface area contributed by atoms with E-state index in [2.05, 4.69) is 22.6 Å². The van der Waals surface area contributed by atoms with Crippen molar-refractivity contribution < 1.29 is 8.78 Å². The molecule has 0 aliphatic heterocycles. The summed E-state index contributed by atoms with van der Waals surface area (Å²) < 4.78 is 27.7. The van der Waals surface area contributed by atoms with Crippen molar-refractivity contribution in [1.82, 2.24) is 0 Å². The van der Waals surface area contributed by atoms with Crippen LogP contribution in [0.5, 0.6) is 0 Å². The highest BCUT2D eigenvalue weighted by molar-refractivity contribution is 14.1. The molecule has 0 nitrogen and oxygen atoms in total. The molecule has 0 heterocycles. The summed E-state index contributed by atoms with van der Waals surface area (Å²) >= 11 is 2.12. The van der Waals surface area contributed by atoms with Gasteiger partial charge in [0, 0.05) is 9.13 Å². The molecule has 2 aromatic carbocycles. The van der Waals surface area contributed by atoms with Crippen molar-refractivity contribution in [2.45, 2.75) is 6.92 Å². The first-order valence-electron chi connectivity index (χ1n) is 4.80. The average molecular weight is 330 g/mol. The SMILES string of the molecule is Cc1ccc(I)c(-c2cccc(F)c2F)c1. The number of hydrogen-bond donors (Lipinski definition) is 0. The van der Waals surface area contributed by atoms with Crippen LogP contribution in [0.1, 0.15) is 5.56 Å². The van der Waals surface area contributed by atoms with Gasteiger partial charge in [0.25, 0.3) is 0 Å². The van der Waals surface area contributed by atoms with Crippen LogP contribution >= 0.6 is 22.6 Å². The summed E-state index contributed by atoms with van der Waals surface area (Å²) in [5.74, 6) is -1.60. The third-order valence-electron chi connectivity index (χ3n) is 2.36. The first kappa shape index (κ1) is 11.5. The Morgan fingerprint density at radius 1 is 1.00 bits per heavy atom. The number of halogens is 3. The van der Waals surface area contributed by atoms with E-state index in [1.165, 1.54) is 6.07 Å². The van der Waals surface area contributed by atoms with Gasteiger partial charge >= 0.3 is 0 Å². The van der Waals surface area contributed by atoms with E-state index in [1.807, 2.05) is 25.1 Å². The summed E-state index contributed by atoms with van der Waals surface area (Å²) in [6.45, 7) is 1.93. The predicted octanol–water partition coefficient (Wildman–Crippen LogP) is 4.54. The minimum Gasteiger partial charge on any atom is -0.204 e. The molecule has 2 rings (SSSR count). The average Bonchev–Trinajstić information content (AvgIpc) is 2.26. The molecule has 0 atom stereocenters. The highest BCUT2D eigenvalue weighted by Crippen LogP contribution is 2.29. The summed E-state index contributed by atoms with van der Waals surface area (Å²) in [6.07, 6.45) is 0. The Kier molecular flexibility index (Phi) is 3.23. The van der Waals surface area contributed by atoms with Crippen LogP contribution in [0.2, 0.25) is 0 Å². The van der Waals surface area contributed by atoms with Gasteiger partial charge in [-0.05, 0) is 47.2 Å². The molecule has 0 bridgehead atoms. The fraction of sp³-hybridized carbons (Fsp3) is 0.0769. The minimum absolute atomic E-state index is 0.313. The fourth-order valence-electron chi connectivity index (χ4n) is 1.56. The molecule has 16 heavy (non-hydrogen) atoms. The second kappa shape index (κ2) is 4.49. The van der Waals surface area contributed by atoms with E-state index in [1.54, 1.807) is 6.07 Å². The molecule has 0 saturated heterocycles. The maximum Gasteiger partial charge on any atom is 0.166 e. The van der Waals surface area contributed by atoms with Crippen molar-refractivity contribution in [3.8, 4) is 11.1 Å². The zero-order valence-corrected chi connectivity index (χ0v) is 10.8. The zero-order valence-electron chi connectivity index (χ0n) is 8.60. The molecule has 82 valence electrons. The lowest BCUT2D eigenvalue weighted by Crippen LogP contribution is -1.91. The van der Waals surface area contributed by atoms with Crippen LogP contribution in [0.15, 0.2) is 36.4 Å². The number of rotatable bonds is 1. The zero-order chi connectivity index (χ0) is 11.7. The molecule has 0 aliphatic carbocycles. The van der Waals surface area contributed by atoms with E-state index in [-0.39, 0.29) is 0 Å². The van der Waals surface area contributed by atoms with Crippen molar-refractivity contribution in [2.75, 3.05) is 0 Å². The summed E-state index contributed by atoms with van der Waals surface area (Å²) in [4.78, 5) is 0. The Morgan fingerprint density at radius 3 is 2.50 bits per heavy atom. The van der Waals surface area contributed by atoms with Gasteiger partial charge in [-0.15, -0.1) is 0 Å². The molecule has 3 heteroatoms. The molecule has 0 amide bonds. The van der Waals surface area contributed by atoms with Crippen LogP contribution in [0.25, 0.3) is 11.1 Å². The fourth-order valence-corrected chi connectivity index (χ4v) is 2.18. The normalized spacial score (nSPS) is 10.5. The minimum atomic E-state index is -0.810. The highest BCUT2D eigenvalue weighted by atomic mass is 127. The maximum atomic E-state index is 13.6. The Labute approximate surface area is 106 Å². The van der Waals surface area contributed by atoms with Gasteiger partial charge in [-0.3, -0.25) is 0 Å². The molecule has 0 N–H and O–H groups in total. The van der Waals surface area contributed by atoms with Gasteiger partial charge in [0.2, 0.25) is 0 Å². The van der Waals surface area contributed by atoms with Crippen LogP contribution in [0.3, 0.4) is 0 Å². The molecular weight excluding hydrogens is 321 g/mol. The van der Waals surface area contributed by atoms with E-state index in [0.717, 1.165) is 20.8 Å². The second-order valence-corrected chi connectivity index (χ2v) is 4.75. The lowest BCUT2D eigenvalue weighted by Gasteiger charge is -2.07. The van der Waals surface area contributed by atoms with Gasteiger partial charge in [-0.25, -0.2) is 8.78 Å². The topological polar surface area (TPSA) is 0 Å². The standard InChI is InChI=1S/C13H9F2I/c1-8-5-6-12(16)10(7-8)9-3-2-4-11(14)13(9)15/h2-7H,1H3. The molecule has 0 radical (unpaired) electrons. The van der Waals surface area contributed by atoms with Crippen molar-refractivity contribution in [2.24, 2.45) is 0 Å². The highest BCUT2D eigenvalue weighted by Gasteiger charge is 2.11. The van der Waals surface area contributed by atoms with Gasteiger partial charge in [-0.1, -0.05) is 29.8 Å². The third kappa shape index (κ3) is 2.09. The van der Waals surface area contributed by atoms with Crippen molar-refractivity contribution in [3.63, 3.8) is 0 Å². The number of aryl methyl sites for hydroxylation is 1. The number of benzene rings is 2. The van der Waals surface area contributed by atoms with Crippen LogP contribution in [-0.4, -0.2) is 0 Å². The summed E-state index contributed by atoms with van der Waals surface area (Å²) in [5, 5.41) is 0. The van der Waals surface area contributed by atoms with E-state index >= 15 is 0 Å². The molecule has 0 saturated carbocycles. The quantitative estimate of drug-likeness (QED) is 0.673. The van der Waals surface area contributed by atoms with E-state index in [0.29, 0.717) is 5.56 Å². The van der Waals surface area contributed by atoms with Gasteiger partial charge in [-0.2, -0.15) is 0 Å². The largest absolute Gasteiger partial charge is 0.204 e. The van der Waals surface area contributed by atoms with Gasteiger partial charge in [0.15, 0.2) is 11.6 Å². The second-order valence-electron chi connectivity index (χ2n) is 3.58. The Morgan fingerprint density at radius 2 is 1.75 bits per heavy atom. The molecule has 0 spiro atoms. The first-order chi connectivity index (χ1) is 7.59. The summed E-state index contributed by atoms with van der Waals surface area (Å²) in [5.41, 5.74) is 2.07. The van der Waals surface area contributed by atoms with Gasteiger partial charge in [0.1, 0.15) is 0 Å². The Balaban J connectivity index is 2.67. The van der Waals surface area contributed by atoms with Gasteiger partial charge in [0.05, 0.1) is 0 Å².